The molecular weight excluding hydrogens is 354 g/mol. The zero-order valence-corrected chi connectivity index (χ0v) is 17.7. The first-order valence-electron chi connectivity index (χ1n) is 11.6. The number of rotatable bonds is 8. The number of piperidine rings is 1. The van der Waals surface area contributed by atoms with Crippen LogP contribution < -0.4 is 5.32 Å². The van der Waals surface area contributed by atoms with E-state index in [1.54, 1.807) is 7.11 Å². The summed E-state index contributed by atoms with van der Waals surface area (Å²) in [5.74, 6) is 0.848. The van der Waals surface area contributed by atoms with Gasteiger partial charge < -0.3 is 19.7 Å². The van der Waals surface area contributed by atoms with Crippen molar-refractivity contribution in [3.05, 3.63) is 0 Å². The molecule has 1 unspecified atom stereocenters. The van der Waals surface area contributed by atoms with Gasteiger partial charge >= 0.3 is 6.03 Å². The van der Waals surface area contributed by atoms with Gasteiger partial charge in [0.25, 0.3) is 0 Å². The largest absolute Gasteiger partial charge is 0.385 e. The van der Waals surface area contributed by atoms with Crippen LogP contribution in [0.3, 0.4) is 0 Å². The highest BCUT2D eigenvalue weighted by molar-refractivity contribution is 5.74. The number of urea groups is 1. The third-order valence-electron chi connectivity index (χ3n) is 7.48. The number of hydrogen-bond acceptors (Lipinski definition) is 4. The fourth-order valence-electron chi connectivity index (χ4n) is 5.54. The average Bonchev–Trinajstić information content (AvgIpc) is 3.56. The third-order valence-corrected chi connectivity index (χ3v) is 7.48. The van der Waals surface area contributed by atoms with Crippen LogP contribution in [0.4, 0.5) is 4.79 Å². The zero-order chi connectivity index (χ0) is 19.4. The lowest BCUT2D eigenvalue weighted by molar-refractivity contribution is -0.202. The summed E-state index contributed by atoms with van der Waals surface area (Å²) < 4.78 is 11.5. The highest BCUT2D eigenvalue weighted by Gasteiger charge is 2.56. The van der Waals surface area contributed by atoms with Crippen molar-refractivity contribution >= 4 is 6.03 Å². The number of likely N-dealkylation sites (tertiary alicyclic amines) is 2. The van der Waals surface area contributed by atoms with Gasteiger partial charge in [0.05, 0.1) is 6.10 Å². The summed E-state index contributed by atoms with van der Waals surface area (Å²) in [6, 6.07) is 0.715. The number of nitrogens with zero attached hydrogens (tertiary/aromatic N) is 2. The number of ether oxygens (including phenoxy) is 2. The Morgan fingerprint density at radius 1 is 1.11 bits per heavy atom. The molecule has 0 radical (unpaired) electrons. The van der Waals surface area contributed by atoms with Gasteiger partial charge in [-0.15, -0.1) is 0 Å². The van der Waals surface area contributed by atoms with Gasteiger partial charge in [-0.1, -0.05) is 19.3 Å². The molecule has 0 aromatic heterocycles. The van der Waals surface area contributed by atoms with Crippen molar-refractivity contribution in [2.24, 2.45) is 5.92 Å². The van der Waals surface area contributed by atoms with Gasteiger partial charge in [-0.3, -0.25) is 4.90 Å². The highest BCUT2D eigenvalue weighted by Crippen LogP contribution is 2.48. The van der Waals surface area contributed by atoms with Crippen LogP contribution in [0, 0.1) is 5.92 Å². The molecule has 2 saturated carbocycles. The maximum atomic E-state index is 12.4. The summed E-state index contributed by atoms with van der Waals surface area (Å²) in [4.78, 5) is 17.2. The van der Waals surface area contributed by atoms with Crippen LogP contribution in [0.5, 0.6) is 0 Å². The van der Waals surface area contributed by atoms with E-state index in [-0.39, 0.29) is 6.03 Å². The van der Waals surface area contributed by atoms with Crippen molar-refractivity contribution in [3.63, 3.8) is 0 Å². The van der Waals surface area contributed by atoms with Crippen LogP contribution in [0.15, 0.2) is 0 Å². The first-order chi connectivity index (χ1) is 13.7. The molecule has 0 aromatic carbocycles. The van der Waals surface area contributed by atoms with E-state index in [9.17, 15) is 4.79 Å². The molecule has 160 valence electrons. The first kappa shape index (κ1) is 20.4. The molecule has 28 heavy (non-hydrogen) atoms. The van der Waals surface area contributed by atoms with Gasteiger partial charge in [0.1, 0.15) is 0 Å². The molecule has 2 aliphatic carbocycles. The number of methoxy groups -OCH3 is 1. The smallest absolute Gasteiger partial charge is 0.317 e. The van der Waals surface area contributed by atoms with Crippen LogP contribution in [0.25, 0.3) is 0 Å². The molecule has 2 saturated heterocycles. The van der Waals surface area contributed by atoms with Crippen LogP contribution >= 0.6 is 0 Å². The van der Waals surface area contributed by atoms with E-state index in [0.717, 1.165) is 51.4 Å². The summed E-state index contributed by atoms with van der Waals surface area (Å²) in [7, 11) is 1.70. The quantitative estimate of drug-likeness (QED) is 0.644. The van der Waals surface area contributed by atoms with Crippen LogP contribution in [-0.2, 0) is 9.47 Å². The normalized spacial score (nSPS) is 28.3. The molecule has 4 rings (SSSR count). The predicted molar refractivity (Wildman–Crippen MR) is 109 cm³/mol. The van der Waals surface area contributed by atoms with Crippen LogP contribution in [-0.4, -0.2) is 80.0 Å². The van der Waals surface area contributed by atoms with Crippen molar-refractivity contribution in [2.45, 2.75) is 81.9 Å². The van der Waals surface area contributed by atoms with Gasteiger partial charge in [0.15, 0.2) is 0 Å². The molecule has 0 aromatic rings. The molecule has 2 aliphatic heterocycles. The Hall–Kier alpha value is -0.850. The first-order valence-corrected chi connectivity index (χ1v) is 11.6. The number of carbonyl (C=O) groups excluding carboxylic acids is 1. The van der Waals surface area contributed by atoms with Crippen molar-refractivity contribution in [1.29, 1.82) is 0 Å². The number of amides is 2. The Balaban J connectivity index is 1.25. The minimum Gasteiger partial charge on any atom is -0.385 e. The van der Waals surface area contributed by atoms with Crippen molar-refractivity contribution in [3.8, 4) is 0 Å². The number of carbonyl (C=O) groups is 1. The second-order valence-electron chi connectivity index (χ2n) is 9.38. The lowest BCUT2D eigenvalue weighted by atomic mass is 9.69. The zero-order valence-electron chi connectivity index (χ0n) is 17.7. The molecule has 2 amide bonds. The van der Waals surface area contributed by atoms with E-state index in [0.29, 0.717) is 30.8 Å². The standard InChI is InChI=1S/C22H39N3O3/c1-27-15-5-12-23-21(26)24-13-8-19(9-14-24)25-16-20(28-17-18-6-7-18)22(25)10-3-2-4-11-22/h18-20H,2-17H2,1H3,(H,23,26). The molecule has 6 heteroatoms. The Kier molecular flexibility index (Phi) is 6.79. The lowest BCUT2D eigenvalue weighted by Gasteiger charge is -2.63. The summed E-state index contributed by atoms with van der Waals surface area (Å²) in [6.45, 7) is 5.25. The monoisotopic (exact) mass is 393 g/mol. The summed E-state index contributed by atoms with van der Waals surface area (Å²) in [5.41, 5.74) is 0.308. The Labute approximate surface area is 170 Å². The van der Waals surface area contributed by atoms with Gasteiger partial charge in [0, 0.05) is 58.1 Å². The molecule has 6 nitrogen and oxygen atoms in total. The van der Waals surface area contributed by atoms with Gasteiger partial charge in [-0.25, -0.2) is 4.79 Å². The van der Waals surface area contributed by atoms with Crippen molar-refractivity contribution in [1.82, 2.24) is 15.1 Å². The van der Waals surface area contributed by atoms with E-state index in [1.807, 2.05) is 4.90 Å². The molecule has 2 heterocycles. The van der Waals surface area contributed by atoms with E-state index in [1.165, 1.54) is 44.9 Å². The third kappa shape index (κ3) is 4.49. The molecule has 1 spiro atoms. The summed E-state index contributed by atoms with van der Waals surface area (Å²) in [5, 5.41) is 3.03. The minimum atomic E-state index is 0.0937. The minimum absolute atomic E-state index is 0.0937. The number of hydrogen-bond donors (Lipinski definition) is 1. The molecule has 4 aliphatic rings. The maximum Gasteiger partial charge on any atom is 0.317 e. The SMILES string of the molecule is COCCCNC(=O)N1CCC(N2CC(OCC3CC3)C23CCCCC3)CC1. The van der Waals surface area contributed by atoms with Gasteiger partial charge in [-0.2, -0.15) is 0 Å². The topological polar surface area (TPSA) is 54.0 Å². The molecule has 1 N–H and O–H groups in total. The maximum absolute atomic E-state index is 12.4. The highest BCUT2D eigenvalue weighted by atomic mass is 16.5. The van der Waals surface area contributed by atoms with E-state index in [4.69, 9.17) is 9.47 Å². The van der Waals surface area contributed by atoms with Crippen molar-refractivity contribution in [2.75, 3.05) is 46.5 Å². The Morgan fingerprint density at radius 3 is 2.54 bits per heavy atom. The van der Waals surface area contributed by atoms with E-state index in [2.05, 4.69) is 10.2 Å². The van der Waals surface area contributed by atoms with Gasteiger partial charge in [-0.05, 0) is 50.9 Å². The van der Waals surface area contributed by atoms with Gasteiger partial charge in [0.2, 0.25) is 0 Å². The second kappa shape index (κ2) is 9.31. The summed E-state index contributed by atoms with van der Waals surface area (Å²) >= 11 is 0. The summed E-state index contributed by atoms with van der Waals surface area (Å²) in [6.07, 6.45) is 13.0. The molecule has 4 fully saturated rings. The van der Waals surface area contributed by atoms with Crippen molar-refractivity contribution < 1.29 is 14.3 Å². The molecule has 0 bridgehead atoms. The van der Waals surface area contributed by atoms with Crippen LogP contribution in [0.2, 0.25) is 0 Å². The Morgan fingerprint density at radius 2 is 1.86 bits per heavy atom. The molecular formula is C22H39N3O3. The van der Waals surface area contributed by atoms with Crippen LogP contribution in [0.1, 0.15) is 64.2 Å². The van der Waals surface area contributed by atoms with E-state index >= 15 is 0 Å². The Bertz CT molecular complexity index is 511. The van der Waals surface area contributed by atoms with E-state index < -0.39 is 0 Å². The molecule has 1 atom stereocenters. The fourth-order valence-corrected chi connectivity index (χ4v) is 5.54. The lowest BCUT2D eigenvalue weighted by Crippen LogP contribution is -2.75. The fraction of sp³-hybridized carbons (Fsp3) is 0.955. The average molecular weight is 394 g/mol. The second-order valence-corrected chi connectivity index (χ2v) is 9.38. The predicted octanol–water partition coefficient (Wildman–Crippen LogP) is 3.01. The number of nitrogens with one attached hydrogen (secondary N) is 1.